The Balaban J connectivity index is 2.15. The minimum Gasteiger partial charge on any atom is -0.309 e. The monoisotopic (exact) mass is 397 g/mol. The predicted octanol–water partition coefficient (Wildman–Crippen LogP) is 3.33. The first-order chi connectivity index (χ1) is 12.0. The topological polar surface area (TPSA) is 98.2 Å². The molecule has 2 aromatic rings. The third-order valence-corrected chi connectivity index (χ3v) is 5.02. The number of amides is 1. The largest absolute Gasteiger partial charge is 0.309 e. The van der Waals surface area contributed by atoms with Crippen molar-refractivity contribution >= 4 is 33.4 Å². The van der Waals surface area contributed by atoms with E-state index in [1.807, 2.05) is 6.92 Å². The number of hydrogen-bond donors (Lipinski definition) is 1. The highest BCUT2D eigenvalue weighted by atomic mass is 35.5. The van der Waals surface area contributed by atoms with Crippen LogP contribution in [0.3, 0.4) is 0 Å². The zero-order valence-corrected chi connectivity index (χ0v) is 16.5. The molecule has 0 aliphatic heterocycles. The van der Waals surface area contributed by atoms with E-state index in [1.165, 1.54) is 18.2 Å². The molecule has 1 heterocycles. The van der Waals surface area contributed by atoms with Gasteiger partial charge in [-0.3, -0.25) is 8.98 Å². The Bertz CT molecular complexity index is 907. The number of aryl methyl sites for hydroxylation is 1. The molecule has 0 fully saturated rings. The van der Waals surface area contributed by atoms with Gasteiger partial charge >= 0.3 is 0 Å². The van der Waals surface area contributed by atoms with Crippen LogP contribution in [-0.4, -0.2) is 24.5 Å². The summed E-state index contributed by atoms with van der Waals surface area (Å²) >= 11 is 5.96. The number of nitrogens with zero attached hydrogens (tertiary/aromatic N) is 2. The first-order valence-electron chi connectivity index (χ1n) is 7.79. The van der Waals surface area contributed by atoms with Gasteiger partial charge in [-0.15, -0.1) is 10.2 Å². The third kappa shape index (κ3) is 5.23. The Hall–Kier alpha value is -2.03. The van der Waals surface area contributed by atoms with E-state index in [9.17, 15) is 13.2 Å². The Morgan fingerprint density at radius 3 is 2.38 bits per heavy atom. The Kier molecular flexibility index (Phi) is 6.00. The van der Waals surface area contributed by atoms with Crippen molar-refractivity contribution in [2.24, 2.45) is 5.41 Å². The van der Waals surface area contributed by atoms with Gasteiger partial charge in [0.15, 0.2) is 11.0 Å². The first-order valence-corrected chi connectivity index (χ1v) is 9.57. The number of halogens is 1. The van der Waals surface area contributed by atoms with Crippen LogP contribution in [0.1, 0.15) is 31.9 Å². The van der Waals surface area contributed by atoms with Gasteiger partial charge in [0.1, 0.15) is 0 Å². The Morgan fingerprint density at radius 2 is 1.81 bits per heavy atom. The summed E-state index contributed by atoms with van der Waals surface area (Å²) in [5, 5.41) is 10.1. The molecule has 2 rings (SSSR count). The predicted molar refractivity (Wildman–Crippen MR) is 98.3 cm³/mol. The summed E-state index contributed by atoms with van der Waals surface area (Å²) in [4.78, 5) is 12.1. The van der Waals surface area contributed by atoms with Crippen LogP contribution in [-0.2, 0) is 25.7 Å². The van der Waals surface area contributed by atoms with Crippen molar-refractivity contribution in [2.45, 2.75) is 39.2 Å². The van der Waals surface area contributed by atoms with Gasteiger partial charge in [0, 0.05) is 11.0 Å². The lowest BCUT2D eigenvalue weighted by molar-refractivity contribution is -0.123. The molecule has 0 bridgehead atoms. The smallest absolute Gasteiger partial charge is 0.297 e. The lowest BCUT2D eigenvalue weighted by Crippen LogP contribution is -2.28. The highest BCUT2D eigenvalue weighted by Gasteiger charge is 2.22. The van der Waals surface area contributed by atoms with Gasteiger partial charge in [-0.25, -0.2) is 0 Å². The molecule has 0 aliphatic rings. The van der Waals surface area contributed by atoms with Crippen LogP contribution in [0, 0.1) is 12.3 Å². The molecule has 140 valence electrons. The van der Waals surface area contributed by atoms with E-state index in [4.69, 9.17) is 15.8 Å². The van der Waals surface area contributed by atoms with E-state index < -0.39 is 15.5 Å². The van der Waals surface area contributed by atoms with Gasteiger partial charge in [0.05, 0.1) is 11.5 Å². The normalized spacial score (nSPS) is 12.0. The minimum absolute atomic E-state index is 0.00198. The van der Waals surface area contributed by atoms with Gasteiger partial charge in [-0.1, -0.05) is 50.1 Å². The van der Waals surface area contributed by atoms with E-state index in [-0.39, 0.29) is 28.4 Å². The fourth-order valence-corrected chi connectivity index (χ4v) is 2.83. The number of carbonyl (C=O) groups excluding carboxylic acids is 1. The molecule has 26 heavy (non-hydrogen) atoms. The van der Waals surface area contributed by atoms with Crippen molar-refractivity contribution in [3.63, 3.8) is 0 Å². The summed E-state index contributed by atoms with van der Waals surface area (Å²) in [5.74, 6) is -0.0890. The SMILES string of the molecule is Cc1ccc(S(=O)(=O)OCc2cc(NC(=O)C(C)(C)C)nnc2Cl)cc1. The fourth-order valence-electron chi connectivity index (χ4n) is 1.80. The molecule has 0 unspecified atom stereocenters. The number of benzene rings is 1. The van der Waals surface area contributed by atoms with E-state index in [2.05, 4.69) is 15.5 Å². The minimum atomic E-state index is -3.95. The lowest BCUT2D eigenvalue weighted by atomic mass is 9.96. The summed E-state index contributed by atoms with van der Waals surface area (Å²) < 4.78 is 29.6. The zero-order valence-electron chi connectivity index (χ0n) is 14.9. The van der Waals surface area contributed by atoms with Crippen LogP contribution < -0.4 is 5.32 Å². The third-order valence-electron chi connectivity index (χ3n) is 3.42. The second kappa shape index (κ2) is 7.69. The molecule has 0 saturated carbocycles. The molecule has 1 amide bonds. The number of nitrogens with one attached hydrogen (secondary N) is 1. The highest BCUT2D eigenvalue weighted by molar-refractivity contribution is 7.86. The molecule has 9 heteroatoms. The average Bonchev–Trinajstić information content (AvgIpc) is 2.55. The van der Waals surface area contributed by atoms with Gasteiger partial charge < -0.3 is 5.32 Å². The van der Waals surface area contributed by atoms with Crippen molar-refractivity contribution in [2.75, 3.05) is 5.32 Å². The number of carbonyl (C=O) groups is 1. The maximum Gasteiger partial charge on any atom is 0.297 e. The number of anilines is 1. The number of rotatable bonds is 5. The van der Waals surface area contributed by atoms with Crippen LogP contribution in [0.15, 0.2) is 35.2 Å². The molecule has 0 spiro atoms. The second-order valence-corrected chi connectivity index (χ2v) is 8.75. The van der Waals surface area contributed by atoms with Gasteiger partial charge in [0.2, 0.25) is 5.91 Å². The van der Waals surface area contributed by atoms with E-state index in [1.54, 1.807) is 32.9 Å². The second-order valence-electron chi connectivity index (χ2n) is 6.78. The standard InChI is InChI=1S/C17H20ClN3O4S/c1-11-5-7-13(8-6-11)26(23,24)25-10-12-9-14(20-21-15(12)18)19-16(22)17(2,3)4/h5-9H,10H2,1-4H3,(H,19,20,22). The zero-order chi connectivity index (χ0) is 19.5. The summed E-state index contributed by atoms with van der Waals surface area (Å²) in [6, 6.07) is 7.72. The molecule has 1 N–H and O–H groups in total. The van der Waals surface area contributed by atoms with Gasteiger partial charge in [-0.05, 0) is 25.1 Å². The molecule has 0 atom stereocenters. The van der Waals surface area contributed by atoms with Crippen molar-refractivity contribution in [3.8, 4) is 0 Å². The van der Waals surface area contributed by atoms with Crippen molar-refractivity contribution in [1.29, 1.82) is 0 Å². The summed E-state index contributed by atoms with van der Waals surface area (Å²) in [6.45, 7) is 6.79. The molecule has 0 saturated heterocycles. The molecule has 7 nitrogen and oxygen atoms in total. The molecular formula is C17H20ClN3O4S. The average molecular weight is 398 g/mol. The number of aromatic nitrogens is 2. The van der Waals surface area contributed by atoms with E-state index >= 15 is 0 Å². The van der Waals surface area contributed by atoms with Crippen LogP contribution in [0.25, 0.3) is 0 Å². The van der Waals surface area contributed by atoms with Crippen LogP contribution in [0.2, 0.25) is 5.15 Å². The van der Waals surface area contributed by atoms with E-state index in [0.29, 0.717) is 5.56 Å². The molecule has 1 aromatic carbocycles. The van der Waals surface area contributed by atoms with Crippen LogP contribution in [0.5, 0.6) is 0 Å². The summed E-state index contributed by atoms with van der Waals surface area (Å²) in [7, 11) is -3.95. The van der Waals surface area contributed by atoms with Crippen molar-refractivity contribution in [1.82, 2.24) is 10.2 Å². The maximum absolute atomic E-state index is 12.3. The molecule has 1 aromatic heterocycles. The molecule has 0 aliphatic carbocycles. The van der Waals surface area contributed by atoms with Gasteiger partial charge in [-0.2, -0.15) is 8.42 Å². The Labute approximate surface area is 157 Å². The van der Waals surface area contributed by atoms with Crippen molar-refractivity contribution < 1.29 is 17.4 Å². The fraction of sp³-hybridized carbons (Fsp3) is 0.353. The molecule has 0 radical (unpaired) electrons. The first kappa shape index (κ1) is 20.3. The maximum atomic E-state index is 12.3. The molecular weight excluding hydrogens is 378 g/mol. The number of hydrogen-bond acceptors (Lipinski definition) is 6. The Morgan fingerprint density at radius 1 is 1.19 bits per heavy atom. The summed E-state index contributed by atoms with van der Waals surface area (Å²) in [5.41, 5.74) is 0.610. The quantitative estimate of drug-likeness (QED) is 0.777. The van der Waals surface area contributed by atoms with Crippen LogP contribution >= 0.6 is 11.6 Å². The van der Waals surface area contributed by atoms with Crippen LogP contribution in [0.4, 0.5) is 5.82 Å². The highest BCUT2D eigenvalue weighted by Crippen LogP contribution is 2.21. The lowest BCUT2D eigenvalue weighted by Gasteiger charge is -2.17. The van der Waals surface area contributed by atoms with E-state index in [0.717, 1.165) is 5.56 Å². The van der Waals surface area contributed by atoms with Gasteiger partial charge in [0.25, 0.3) is 10.1 Å². The van der Waals surface area contributed by atoms with Crippen molar-refractivity contribution in [3.05, 3.63) is 46.6 Å². The summed E-state index contributed by atoms with van der Waals surface area (Å²) in [6.07, 6.45) is 0.